The van der Waals surface area contributed by atoms with Crippen molar-refractivity contribution in [2.24, 2.45) is 0 Å². The average Bonchev–Trinajstić information content (AvgIpc) is 2.32. The molecule has 1 nitrogen and oxygen atoms in total. The van der Waals surface area contributed by atoms with Crippen LogP contribution in [-0.2, 0) is 6.42 Å². The van der Waals surface area contributed by atoms with Gasteiger partial charge in [0.15, 0.2) is 0 Å². The zero-order chi connectivity index (χ0) is 12.7. The maximum absolute atomic E-state index is 13.8. The lowest BCUT2D eigenvalue weighted by Gasteiger charge is -2.18. The van der Waals surface area contributed by atoms with Gasteiger partial charge >= 0.3 is 0 Å². The van der Waals surface area contributed by atoms with Crippen LogP contribution in [0, 0.1) is 5.82 Å². The fraction of sp³-hybridized carbons (Fsp3) is 0.571. The Kier molecular flexibility index (Phi) is 6.53. The Hall–Kier alpha value is -0.600. The van der Waals surface area contributed by atoms with Gasteiger partial charge in [0, 0.05) is 6.04 Å². The minimum Gasteiger partial charge on any atom is -0.314 e. The number of hydrogen-bond donors (Lipinski definition) is 1. The predicted octanol–water partition coefficient (Wildman–Crippen LogP) is 4.19. The molecule has 1 aromatic carbocycles. The van der Waals surface area contributed by atoms with E-state index in [1.165, 1.54) is 0 Å². The molecule has 0 fully saturated rings. The van der Waals surface area contributed by atoms with Crippen molar-refractivity contribution in [2.45, 2.75) is 45.6 Å². The van der Waals surface area contributed by atoms with E-state index in [9.17, 15) is 4.39 Å². The lowest BCUT2D eigenvalue weighted by molar-refractivity contribution is 0.464. The molecule has 1 atom stereocenters. The van der Waals surface area contributed by atoms with Gasteiger partial charge in [0.2, 0.25) is 0 Å². The van der Waals surface area contributed by atoms with E-state index in [0.29, 0.717) is 18.0 Å². The van der Waals surface area contributed by atoms with Crippen molar-refractivity contribution in [3.8, 4) is 0 Å². The minimum atomic E-state index is -0.270. The van der Waals surface area contributed by atoms with Crippen LogP contribution in [0.2, 0.25) is 5.02 Å². The molecule has 1 rings (SSSR count). The third-order valence-electron chi connectivity index (χ3n) is 2.82. The van der Waals surface area contributed by atoms with Crippen molar-refractivity contribution >= 4 is 11.6 Å². The van der Waals surface area contributed by atoms with E-state index in [2.05, 4.69) is 19.2 Å². The number of nitrogens with one attached hydrogen (secondary N) is 1. The summed E-state index contributed by atoms with van der Waals surface area (Å²) in [5, 5.41) is 3.67. The van der Waals surface area contributed by atoms with Crippen molar-refractivity contribution in [3.63, 3.8) is 0 Å². The molecule has 0 spiro atoms. The highest BCUT2D eigenvalue weighted by atomic mass is 35.5. The first kappa shape index (κ1) is 14.5. The highest BCUT2D eigenvalue weighted by Gasteiger charge is 2.12. The van der Waals surface area contributed by atoms with Crippen LogP contribution < -0.4 is 5.32 Å². The van der Waals surface area contributed by atoms with Gasteiger partial charge in [-0.2, -0.15) is 0 Å². The van der Waals surface area contributed by atoms with E-state index in [-0.39, 0.29) is 10.8 Å². The third kappa shape index (κ3) is 4.64. The Morgan fingerprint density at radius 2 is 2.06 bits per heavy atom. The summed E-state index contributed by atoms with van der Waals surface area (Å²) < 4.78 is 13.8. The van der Waals surface area contributed by atoms with E-state index in [1.54, 1.807) is 6.07 Å². The van der Waals surface area contributed by atoms with Crippen LogP contribution in [0.3, 0.4) is 0 Å². The predicted molar refractivity (Wildman–Crippen MR) is 72.1 cm³/mol. The second kappa shape index (κ2) is 7.67. The monoisotopic (exact) mass is 257 g/mol. The largest absolute Gasteiger partial charge is 0.314 e. The highest BCUT2D eigenvalue weighted by molar-refractivity contribution is 6.30. The van der Waals surface area contributed by atoms with Crippen molar-refractivity contribution in [3.05, 3.63) is 34.6 Å². The summed E-state index contributed by atoms with van der Waals surface area (Å²) in [5.74, 6) is -0.270. The van der Waals surface area contributed by atoms with E-state index >= 15 is 0 Å². The molecule has 0 aliphatic carbocycles. The van der Waals surface area contributed by atoms with Gasteiger partial charge in [-0.05, 0) is 37.4 Å². The Morgan fingerprint density at radius 3 is 2.71 bits per heavy atom. The molecule has 96 valence electrons. The molecular weight excluding hydrogens is 237 g/mol. The number of hydrogen-bond acceptors (Lipinski definition) is 1. The number of rotatable bonds is 7. The maximum atomic E-state index is 13.8. The van der Waals surface area contributed by atoms with E-state index in [4.69, 9.17) is 11.6 Å². The maximum Gasteiger partial charge on any atom is 0.145 e. The van der Waals surface area contributed by atoms with Gasteiger partial charge < -0.3 is 5.32 Å². The van der Waals surface area contributed by atoms with Crippen molar-refractivity contribution in [1.29, 1.82) is 0 Å². The molecule has 1 unspecified atom stereocenters. The lowest BCUT2D eigenvalue weighted by Crippen LogP contribution is -2.31. The molecule has 0 bridgehead atoms. The molecule has 0 aromatic heterocycles. The molecule has 0 radical (unpaired) electrons. The Morgan fingerprint density at radius 1 is 1.29 bits per heavy atom. The van der Waals surface area contributed by atoms with Gasteiger partial charge in [0.05, 0.1) is 5.02 Å². The van der Waals surface area contributed by atoms with Crippen molar-refractivity contribution in [2.75, 3.05) is 6.54 Å². The number of halogens is 2. The molecule has 0 aliphatic rings. The van der Waals surface area contributed by atoms with Crippen molar-refractivity contribution < 1.29 is 4.39 Å². The Labute approximate surface area is 108 Å². The standard InChI is InChI=1S/C14H21ClFN/c1-3-6-12(17-9-4-2)10-11-7-5-8-13(15)14(11)16/h5,7-8,12,17H,3-4,6,9-10H2,1-2H3. The van der Waals surface area contributed by atoms with Crippen LogP contribution in [0.5, 0.6) is 0 Å². The van der Waals surface area contributed by atoms with Crippen LogP contribution in [0.25, 0.3) is 0 Å². The Balaban J connectivity index is 2.67. The first-order chi connectivity index (χ1) is 8.19. The quantitative estimate of drug-likeness (QED) is 0.772. The summed E-state index contributed by atoms with van der Waals surface area (Å²) in [6.45, 7) is 5.26. The van der Waals surface area contributed by atoms with Crippen LogP contribution in [0.15, 0.2) is 18.2 Å². The summed E-state index contributed by atoms with van der Waals surface area (Å²) in [6, 6.07) is 5.56. The van der Waals surface area contributed by atoms with Gasteiger partial charge in [-0.15, -0.1) is 0 Å². The average molecular weight is 258 g/mol. The normalized spacial score (nSPS) is 12.7. The summed E-state index contributed by atoms with van der Waals surface area (Å²) in [4.78, 5) is 0. The van der Waals surface area contributed by atoms with Gasteiger partial charge in [0.25, 0.3) is 0 Å². The topological polar surface area (TPSA) is 12.0 Å². The fourth-order valence-electron chi connectivity index (χ4n) is 1.94. The molecule has 0 aliphatic heterocycles. The summed E-state index contributed by atoms with van der Waals surface area (Å²) in [7, 11) is 0. The second-order valence-corrected chi connectivity index (χ2v) is 4.76. The van der Waals surface area contributed by atoms with Crippen LogP contribution in [0.1, 0.15) is 38.7 Å². The van der Waals surface area contributed by atoms with Crippen LogP contribution in [0.4, 0.5) is 4.39 Å². The second-order valence-electron chi connectivity index (χ2n) is 4.36. The van der Waals surface area contributed by atoms with E-state index < -0.39 is 0 Å². The van der Waals surface area contributed by atoms with Crippen LogP contribution >= 0.6 is 11.6 Å². The fourth-order valence-corrected chi connectivity index (χ4v) is 2.14. The summed E-state index contributed by atoms with van der Waals surface area (Å²) >= 11 is 5.78. The van der Waals surface area contributed by atoms with Crippen LogP contribution in [-0.4, -0.2) is 12.6 Å². The van der Waals surface area contributed by atoms with Gasteiger partial charge in [-0.25, -0.2) is 4.39 Å². The first-order valence-electron chi connectivity index (χ1n) is 6.35. The van der Waals surface area contributed by atoms with E-state index in [0.717, 1.165) is 25.8 Å². The molecular formula is C14H21ClFN. The first-order valence-corrected chi connectivity index (χ1v) is 6.73. The SMILES string of the molecule is CCCNC(CCC)Cc1cccc(Cl)c1F. The molecule has 0 amide bonds. The molecule has 3 heteroatoms. The van der Waals surface area contributed by atoms with Gasteiger partial charge in [-0.1, -0.05) is 44.0 Å². The summed E-state index contributed by atoms with van der Waals surface area (Å²) in [6.07, 6.45) is 3.97. The minimum absolute atomic E-state index is 0.216. The molecule has 0 heterocycles. The molecule has 0 saturated carbocycles. The highest BCUT2D eigenvalue weighted by Crippen LogP contribution is 2.19. The van der Waals surface area contributed by atoms with Gasteiger partial charge in [0.1, 0.15) is 5.82 Å². The number of benzene rings is 1. The Bertz CT molecular complexity index is 341. The zero-order valence-electron chi connectivity index (χ0n) is 10.6. The lowest BCUT2D eigenvalue weighted by atomic mass is 10.0. The molecule has 1 N–H and O–H groups in total. The molecule has 17 heavy (non-hydrogen) atoms. The molecule has 0 saturated heterocycles. The summed E-state index contributed by atoms with van der Waals surface area (Å²) in [5.41, 5.74) is 0.708. The molecule has 1 aromatic rings. The zero-order valence-corrected chi connectivity index (χ0v) is 11.4. The van der Waals surface area contributed by atoms with Crippen molar-refractivity contribution in [1.82, 2.24) is 5.32 Å². The smallest absolute Gasteiger partial charge is 0.145 e. The third-order valence-corrected chi connectivity index (χ3v) is 3.11. The van der Waals surface area contributed by atoms with E-state index in [1.807, 2.05) is 12.1 Å². The van der Waals surface area contributed by atoms with Gasteiger partial charge in [-0.3, -0.25) is 0 Å².